The molecule has 20 heavy (non-hydrogen) atoms. The van der Waals surface area contributed by atoms with Crippen molar-refractivity contribution in [1.29, 1.82) is 0 Å². The number of hydrogen-bond donors (Lipinski definition) is 1. The summed E-state index contributed by atoms with van der Waals surface area (Å²) in [5.74, 6) is -0.392. The van der Waals surface area contributed by atoms with Gasteiger partial charge >= 0.3 is 5.97 Å². The summed E-state index contributed by atoms with van der Waals surface area (Å²) in [6.07, 6.45) is 0. The molecular weight excluding hydrogens is 320 g/mol. The molecule has 0 heterocycles. The van der Waals surface area contributed by atoms with Gasteiger partial charge in [-0.25, -0.2) is 4.79 Å². The van der Waals surface area contributed by atoms with Crippen molar-refractivity contribution in [2.45, 2.75) is 13.8 Å². The lowest BCUT2D eigenvalue weighted by Gasteiger charge is -2.03. The van der Waals surface area contributed by atoms with Crippen molar-refractivity contribution < 1.29 is 14.6 Å². The first kappa shape index (κ1) is 16.2. The number of rotatable bonds is 2. The molecule has 106 valence electrons. The molecule has 0 aliphatic heterocycles. The Morgan fingerprint density at radius 1 is 1.20 bits per heavy atom. The van der Waals surface area contributed by atoms with Crippen molar-refractivity contribution in [2.24, 2.45) is 0 Å². The van der Waals surface area contributed by atoms with Crippen molar-refractivity contribution >= 4 is 21.9 Å². The summed E-state index contributed by atoms with van der Waals surface area (Å²) in [5.41, 5.74) is 1.66. The normalized spacial score (nSPS) is 9.35. The van der Waals surface area contributed by atoms with Crippen LogP contribution in [0.15, 0.2) is 53.0 Å². The number of halogens is 1. The van der Waals surface area contributed by atoms with Crippen LogP contribution in [0.25, 0.3) is 0 Å². The van der Waals surface area contributed by atoms with Crippen molar-refractivity contribution in [3.8, 4) is 5.75 Å². The van der Waals surface area contributed by atoms with Crippen LogP contribution in [0.2, 0.25) is 0 Å². The topological polar surface area (TPSA) is 46.5 Å². The van der Waals surface area contributed by atoms with E-state index < -0.39 is 5.97 Å². The number of phenolic OH excluding ortho intramolecular Hbond substituents is 1. The number of aryl methyl sites for hydroxylation is 1. The van der Waals surface area contributed by atoms with Crippen LogP contribution in [0, 0.1) is 6.92 Å². The molecule has 0 aliphatic carbocycles. The number of hydrogen-bond acceptors (Lipinski definition) is 3. The average molecular weight is 337 g/mol. The van der Waals surface area contributed by atoms with Crippen molar-refractivity contribution in [3.63, 3.8) is 0 Å². The average Bonchev–Trinajstić information content (AvgIpc) is 2.43. The van der Waals surface area contributed by atoms with Gasteiger partial charge in [-0.05, 0) is 48.0 Å². The Balaban J connectivity index is 0.000000240. The van der Waals surface area contributed by atoms with E-state index in [4.69, 9.17) is 9.84 Å². The van der Waals surface area contributed by atoms with Crippen molar-refractivity contribution in [1.82, 2.24) is 0 Å². The molecule has 0 saturated carbocycles. The van der Waals surface area contributed by atoms with Crippen LogP contribution in [0.3, 0.4) is 0 Å². The van der Waals surface area contributed by atoms with Crippen LogP contribution in [-0.2, 0) is 4.74 Å². The SMILES string of the molecule is CCOC(=O)c1cc(O)ccc1Br.Cc1ccccc1. The first-order chi connectivity index (χ1) is 9.54. The largest absolute Gasteiger partial charge is 0.508 e. The van der Waals surface area contributed by atoms with Gasteiger partial charge in [-0.2, -0.15) is 0 Å². The van der Waals surface area contributed by atoms with Gasteiger partial charge in [0.1, 0.15) is 5.75 Å². The van der Waals surface area contributed by atoms with Gasteiger partial charge in [0.25, 0.3) is 0 Å². The molecule has 0 spiro atoms. The predicted octanol–water partition coefficient (Wildman–Crippen LogP) is 4.33. The Morgan fingerprint density at radius 3 is 2.35 bits per heavy atom. The molecule has 2 rings (SSSR count). The molecule has 0 radical (unpaired) electrons. The Labute approximate surface area is 127 Å². The fourth-order valence-corrected chi connectivity index (χ4v) is 1.82. The highest BCUT2D eigenvalue weighted by Gasteiger charge is 2.11. The minimum Gasteiger partial charge on any atom is -0.508 e. The maximum absolute atomic E-state index is 11.3. The minimum atomic E-state index is -0.440. The maximum atomic E-state index is 11.3. The van der Waals surface area contributed by atoms with E-state index >= 15 is 0 Å². The maximum Gasteiger partial charge on any atom is 0.339 e. The van der Waals surface area contributed by atoms with Gasteiger partial charge in [-0.1, -0.05) is 35.9 Å². The fraction of sp³-hybridized carbons (Fsp3) is 0.188. The summed E-state index contributed by atoms with van der Waals surface area (Å²) >= 11 is 3.19. The zero-order valence-electron chi connectivity index (χ0n) is 11.5. The van der Waals surface area contributed by atoms with Gasteiger partial charge in [0.2, 0.25) is 0 Å². The lowest BCUT2D eigenvalue weighted by atomic mass is 10.2. The van der Waals surface area contributed by atoms with E-state index in [-0.39, 0.29) is 5.75 Å². The molecule has 0 unspecified atom stereocenters. The van der Waals surface area contributed by atoms with Gasteiger partial charge in [-0.3, -0.25) is 0 Å². The second-order valence-corrected chi connectivity index (χ2v) is 4.89. The monoisotopic (exact) mass is 336 g/mol. The fourth-order valence-electron chi connectivity index (χ4n) is 1.41. The van der Waals surface area contributed by atoms with E-state index in [0.717, 1.165) is 0 Å². The zero-order chi connectivity index (χ0) is 15.0. The molecule has 0 amide bonds. The molecular formula is C16H17BrO3. The van der Waals surface area contributed by atoms with E-state index in [9.17, 15) is 4.79 Å². The molecule has 0 fully saturated rings. The van der Waals surface area contributed by atoms with Crippen LogP contribution in [0.5, 0.6) is 5.75 Å². The molecule has 0 aliphatic rings. The number of phenols is 1. The highest BCUT2D eigenvalue weighted by molar-refractivity contribution is 9.10. The summed E-state index contributed by atoms with van der Waals surface area (Å²) in [5, 5.41) is 9.13. The Kier molecular flexibility index (Phi) is 6.81. The highest BCUT2D eigenvalue weighted by Crippen LogP contribution is 2.22. The van der Waals surface area contributed by atoms with E-state index in [1.807, 2.05) is 18.2 Å². The number of ether oxygens (including phenoxy) is 1. The minimum absolute atomic E-state index is 0.0475. The lowest BCUT2D eigenvalue weighted by molar-refractivity contribution is 0.0525. The number of esters is 1. The van der Waals surface area contributed by atoms with E-state index in [1.165, 1.54) is 17.7 Å². The quantitative estimate of drug-likeness (QED) is 0.830. The van der Waals surface area contributed by atoms with Gasteiger partial charge in [-0.15, -0.1) is 0 Å². The Bertz CT molecular complexity index is 553. The van der Waals surface area contributed by atoms with Crippen LogP contribution >= 0.6 is 15.9 Å². The van der Waals surface area contributed by atoms with Crippen LogP contribution in [0.1, 0.15) is 22.8 Å². The molecule has 2 aromatic rings. The smallest absolute Gasteiger partial charge is 0.339 e. The van der Waals surface area contributed by atoms with Crippen molar-refractivity contribution in [2.75, 3.05) is 6.61 Å². The molecule has 0 aromatic heterocycles. The first-order valence-corrected chi connectivity index (χ1v) is 7.01. The predicted molar refractivity (Wildman–Crippen MR) is 82.9 cm³/mol. The summed E-state index contributed by atoms with van der Waals surface area (Å²) in [4.78, 5) is 11.3. The summed E-state index contributed by atoms with van der Waals surface area (Å²) in [6.45, 7) is 4.13. The summed E-state index contributed by atoms with van der Waals surface area (Å²) < 4.78 is 5.40. The third-order valence-electron chi connectivity index (χ3n) is 2.39. The molecule has 2 aromatic carbocycles. The Hall–Kier alpha value is -1.81. The molecule has 0 atom stereocenters. The molecule has 1 N–H and O–H groups in total. The summed E-state index contributed by atoms with van der Waals surface area (Å²) in [7, 11) is 0. The molecule has 0 saturated heterocycles. The molecule has 3 nitrogen and oxygen atoms in total. The van der Waals surface area contributed by atoms with Crippen LogP contribution < -0.4 is 0 Å². The third kappa shape index (κ3) is 5.45. The van der Waals surface area contributed by atoms with Gasteiger partial charge in [0, 0.05) is 4.47 Å². The van der Waals surface area contributed by atoms with E-state index in [0.29, 0.717) is 16.6 Å². The lowest BCUT2D eigenvalue weighted by Crippen LogP contribution is -2.05. The van der Waals surface area contributed by atoms with Gasteiger partial charge in [0.05, 0.1) is 12.2 Å². The van der Waals surface area contributed by atoms with E-state index in [1.54, 1.807) is 13.0 Å². The number of benzene rings is 2. The molecule has 4 heteroatoms. The first-order valence-electron chi connectivity index (χ1n) is 6.22. The van der Waals surface area contributed by atoms with Gasteiger partial charge < -0.3 is 9.84 Å². The third-order valence-corrected chi connectivity index (χ3v) is 3.08. The standard InChI is InChI=1S/C9H9BrO3.C7H8/c1-2-13-9(12)7-5-6(11)3-4-8(7)10;1-7-5-3-2-4-6-7/h3-5,11H,2H2,1H3;2-6H,1H3. The Morgan fingerprint density at radius 2 is 1.85 bits per heavy atom. The number of carbonyl (C=O) groups excluding carboxylic acids is 1. The second-order valence-electron chi connectivity index (χ2n) is 4.04. The second kappa shape index (κ2) is 8.38. The zero-order valence-corrected chi connectivity index (χ0v) is 13.1. The van der Waals surface area contributed by atoms with Gasteiger partial charge in [0.15, 0.2) is 0 Å². The number of carbonyl (C=O) groups is 1. The van der Waals surface area contributed by atoms with Crippen LogP contribution in [-0.4, -0.2) is 17.7 Å². The van der Waals surface area contributed by atoms with E-state index in [2.05, 4.69) is 35.0 Å². The van der Waals surface area contributed by atoms with Crippen LogP contribution in [0.4, 0.5) is 0 Å². The highest BCUT2D eigenvalue weighted by atomic mass is 79.9. The van der Waals surface area contributed by atoms with Crippen molar-refractivity contribution in [3.05, 3.63) is 64.1 Å². The summed E-state index contributed by atoms with van der Waals surface area (Å²) in [6, 6.07) is 14.7. The molecule has 0 bridgehead atoms. The number of aromatic hydroxyl groups is 1.